The third-order valence-electron chi connectivity index (χ3n) is 3.89. The fraction of sp³-hybridized carbons (Fsp3) is 0.471. The first-order chi connectivity index (χ1) is 9.26. The Hall–Kier alpha value is -1.57. The highest BCUT2D eigenvalue weighted by Crippen LogP contribution is 2.23. The van der Waals surface area contributed by atoms with Crippen LogP contribution in [0.1, 0.15) is 33.1 Å². The Morgan fingerprint density at radius 3 is 2.42 bits per heavy atom. The minimum absolute atomic E-state index is 1.11. The van der Waals surface area contributed by atoms with Gasteiger partial charge in [-0.2, -0.15) is 0 Å². The number of allylic oxidation sites excluding steroid dienone is 1. The van der Waals surface area contributed by atoms with Crippen molar-refractivity contribution in [3.8, 4) is 0 Å². The highest BCUT2D eigenvalue weighted by Gasteiger charge is 2.23. The molecule has 0 amide bonds. The molecule has 19 heavy (non-hydrogen) atoms. The van der Waals surface area contributed by atoms with E-state index in [4.69, 9.17) is 0 Å². The van der Waals surface area contributed by atoms with Crippen molar-refractivity contribution in [2.45, 2.75) is 33.1 Å². The second kappa shape index (κ2) is 6.55. The van der Waals surface area contributed by atoms with Crippen LogP contribution in [0.5, 0.6) is 0 Å². The molecule has 0 atom stereocenters. The van der Waals surface area contributed by atoms with Gasteiger partial charge in [0.05, 0.1) is 0 Å². The SMILES string of the molecule is CC[N+](CC)=C1CCC/C1=C\N(C)c1ccccc1. The van der Waals surface area contributed by atoms with Crippen molar-refractivity contribution in [2.24, 2.45) is 0 Å². The van der Waals surface area contributed by atoms with Crippen molar-refractivity contribution >= 4 is 11.4 Å². The summed E-state index contributed by atoms with van der Waals surface area (Å²) in [6.07, 6.45) is 6.05. The second-order valence-corrected chi connectivity index (χ2v) is 5.07. The second-order valence-electron chi connectivity index (χ2n) is 5.07. The Labute approximate surface area is 117 Å². The van der Waals surface area contributed by atoms with Crippen LogP contribution in [-0.4, -0.2) is 30.4 Å². The summed E-state index contributed by atoms with van der Waals surface area (Å²) in [4.78, 5) is 2.24. The highest BCUT2D eigenvalue weighted by atomic mass is 15.1. The van der Waals surface area contributed by atoms with Crippen LogP contribution in [0.3, 0.4) is 0 Å². The molecule has 1 fully saturated rings. The lowest BCUT2D eigenvalue weighted by Crippen LogP contribution is -2.21. The molecule has 2 rings (SSSR count). The minimum atomic E-state index is 1.11. The number of para-hydroxylation sites is 1. The molecule has 0 aliphatic heterocycles. The topological polar surface area (TPSA) is 6.25 Å². The Morgan fingerprint density at radius 2 is 1.79 bits per heavy atom. The van der Waals surface area contributed by atoms with Gasteiger partial charge in [0.25, 0.3) is 0 Å². The van der Waals surface area contributed by atoms with E-state index in [2.05, 4.69) is 66.9 Å². The molecule has 0 spiro atoms. The molecular weight excluding hydrogens is 232 g/mol. The van der Waals surface area contributed by atoms with Gasteiger partial charge in [-0.1, -0.05) is 18.2 Å². The predicted molar refractivity (Wildman–Crippen MR) is 83.1 cm³/mol. The molecule has 2 nitrogen and oxygen atoms in total. The van der Waals surface area contributed by atoms with Gasteiger partial charge in [-0.15, -0.1) is 0 Å². The van der Waals surface area contributed by atoms with E-state index in [0.717, 1.165) is 13.1 Å². The maximum absolute atomic E-state index is 2.50. The number of anilines is 1. The summed E-state index contributed by atoms with van der Waals surface area (Å²) in [6.45, 7) is 6.71. The standard InChI is InChI=1S/C17H25N2/c1-4-19(5-2)17-13-9-10-15(17)14-18(3)16-11-7-6-8-12-16/h6-8,11-12,14H,4-5,9-10,13H2,1-3H3/q+1. The van der Waals surface area contributed by atoms with Crippen molar-refractivity contribution in [1.82, 2.24) is 0 Å². The van der Waals surface area contributed by atoms with Gasteiger partial charge in [-0.25, -0.2) is 4.58 Å². The third kappa shape index (κ3) is 3.25. The zero-order valence-electron chi connectivity index (χ0n) is 12.4. The molecule has 0 heterocycles. The van der Waals surface area contributed by atoms with E-state index in [9.17, 15) is 0 Å². The monoisotopic (exact) mass is 257 g/mol. The van der Waals surface area contributed by atoms with Crippen LogP contribution in [0.4, 0.5) is 5.69 Å². The normalized spacial score (nSPS) is 17.0. The molecule has 1 aliphatic carbocycles. The van der Waals surface area contributed by atoms with Gasteiger partial charge in [0.15, 0.2) is 5.71 Å². The van der Waals surface area contributed by atoms with Crippen LogP contribution in [-0.2, 0) is 0 Å². The summed E-state index contributed by atoms with van der Waals surface area (Å²) in [7, 11) is 2.14. The van der Waals surface area contributed by atoms with Gasteiger partial charge in [-0.3, -0.25) is 0 Å². The third-order valence-corrected chi connectivity index (χ3v) is 3.89. The van der Waals surface area contributed by atoms with Gasteiger partial charge in [-0.05, 0) is 38.8 Å². The lowest BCUT2D eigenvalue weighted by atomic mass is 10.2. The zero-order valence-corrected chi connectivity index (χ0v) is 12.4. The van der Waals surface area contributed by atoms with Crippen molar-refractivity contribution in [1.29, 1.82) is 0 Å². The van der Waals surface area contributed by atoms with E-state index in [1.807, 2.05) is 0 Å². The number of hydrogen-bond donors (Lipinski definition) is 0. The Bertz CT molecular complexity index is 465. The molecule has 0 aromatic heterocycles. The number of hydrogen-bond acceptors (Lipinski definition) is 1. The van der Waals surface area contributed by atoms with E-state index < -0.39 is 0 Å². The molecule has 0 saturated heterocycles. The highest BCUT2D eigenvalue weighted by molar-refractivity contribution is 5.98. The molecule has 0 unspecified atom stereocenters. The lowest BCUT2D eigenvalue weighted by molar-refractivity contribution is -0.521. The van der Waals surface area contributed by atoms with Crippen LogP contribution >= 0.6 is 0 Å². The van der Waals surface area contributed by atoms with Crippen molar-refractivity contribution in [3.63, 3.8) is 0 Å². The predicted octanol–water partition coefficient (Wildman–Crippen LogP) is 3.68. The average molecular weight is 257 g/mol. The molecule has 0 bridgehead atoms. The Morgan fingerprint density at radius 1 is 1.11 bits per heavy atom. The molecule has 1 aliphatic rings. The fourth-order valence-corrected chi connectivity index (χ4v) is 2.83. The summed E-state index contributed by atoms with van der Waals surface area (Å²) in [5.41, 5.74) is 4.31. The summed E-state index contributed by atoms with van der Waals surface area (Å²) >= 11 is 0. The fourth-order valence-electron chi connectivity index (χ4n) is 2.83. The Balaban J connectivity index is 2.25. The van der Waals surface area contributed by atoms with E-state index in [0.29, 0.717) is 0 Å². The van der Waals surface area contributed by atoms with Crippen LogP contribution < -0.4 is 4.90 Å². The summed E-state index contributed by atoms with van der Waals surface area (Å²) in [5, 5.41) is 0. The van der Waals surface area contributed by atoms with Gasteiger partial charge in [0.2, 0.25) is 0 Å². The summed E-state index contributed by atoms with van der Waals surface area (Å²) in [5.74, 6) is 0. The average Bonchev–Trinajstić information content (AvgIpc) is 2.89. The minimum Gasteiger partial charge on any atom is -0.351 e. The first kappa shape index (κ1) is 13.9. The van der Waals surface area contributed by atoms with Gasteiger partial charge in [0.1, 0.15) is 13.1 Å². The largest absolute Gasteiger partial charge is 0.351 e. The van der Waals surface area contributed by atoms with Crippen LogP contribution in [0.2, 0.25) is 0 Å². The van der Waals surface area contributed by atoms with E-state index in [-0.39, 0.29) is 0 Å². The molecule has 2 heteroatoms. The van der Waals surface area contributed by atoms with Crippen molar-refractivity contribution < 1.29 is 4.58 Å². The molecular formula is C17H25N2+. The van der Waals surface area contributed by atoms with Crippen molar-refractivity contribution in [2.75, 3.05) is 25.0 Å². The molecule has 0 radical (unpaired) electrons. The van der Waals surface area contributed by atoms with Crippen LogP contribution in [0.25, 0.3) is 0 Å². The zero-order chi connectivity index (χ0) is 13.7. The maximum Gasteiger partial charge on any atom is 0.180 e. The van der Waals surface area contributed by atoms with E-state index in [1.54, 1.807) is 5.71 Å². The first-order valence-corrected chi connectivity index (χ1v) is 7.36. The van der Waals surface area contributed by atoms with Crippen molar-refractivity contribution in [3.05, 3.63) is 42.1 Å². The maximum atomic E-state index is 2.50. The van der Waals surface area contributed by atoms with Crippen LogP contribution in [0, 0.1) is 0 Å². The van der Waals surface area contributed by atoms with Gasteiger partial charge < -0.3 is 4.90 Å². The number of nitrogens with zero attached hydrogens (tertiary/aromatic N) is 2. The number of rotatable bonds is 4. The summed E-state index contributed by atoms with van der Waals surface area (Å²) < 4.78 is 2.50. The van der Waals surface area contributed by atoms with Crippen LogP contribution in [0.15, 0.2) is 42.1 Å². The Kier molecular flexibility index (Phi) is 4.78. The molecule has 1 saturated carbocycles. The van der Waals surface area contributed by atoms with Gasteiger partial charge in [0, 0.05) is 30.9 Å². The molecule has 1 aromatic rings. The lowest BCUT2D eigenvalue weighted by Gasteiger charge is -2.15. The smallest absolute Gasteiger partial charge is 0.180 e. The molecule has 102 valence electrons. The molecule has 1 aromatic carbocycles. The van der Waals surface area contributed by atoms with E-state index >= 15 is 0 Å². The quantitative estimate of drug-likeness (QED) is 0.746. The number of benzene rings is 1. The van der Waals surface area contributed by atoms with E-state index in [1.165, 1.54) is 30.5 Å². The summed E-state index contributed by atoms with van der Waals surface area (Å²) in [6, 6.07) is 10.6. The van der Waals surface area contributed by atoms with Gasteiger partial charge >= 0.3 is 0 Å². The molecule has 0 N–H and O–H groups in total. The first-order valence-electron chi connectivity index (χ1n) is 7.36.